The fourth-order valence-electron chi connectivity index (χ4n) is 3.38. The molecule has 1 aromatic carbocycles. The van der Waals surface area contributed by atoms with Crippen LogP contribution in [0.25, 0.3) is 11.6 Å². The lowest BCUT2D eigenvalue weighted by molar-refractivity contribution is 0.421. The van der Waals surface area contributed by atoms with Crippen molar-refractivity contribution in [3.8, 4) is 11.6 Å². The highest BCUT2D eigenvalue weighted by Crippen LogP contribution is 2.19. The van der Waals surface area contributed by atoms with Gasteiger partial charge < -0.3 is 20.1 Å². The number of benzene rings is 1. The van der Waals surface area contributed by atoms with Gasteiger partial charge in [-0.2, -0.15) is 4.98 Å². The zero-order valence-electron chi connectivity index (χ0n) is 16.5. The molecular formula is C21H25N7O. The summed E-state index contributed by atoms with van der Waals surface area (Å²) in [5.74, 6) is 1.87. The number of aromatic nitrogens is 3. The molecule has 8 nitrogen and oxygen atoms in total. The molecule has 0 saturated carbocycles. The van der Waals surface area contributed by atoms with E-state index < -0.39 is 0 Å². The smallest absolute Gasteiger partial charge is 0.276 e. The molecular weight excluding hydrogens is 366 g/mol. The van der Waals surface area contributed by atoms with Crippen LogP contribution in [0.5, 0.6) is 0 Å². The quantitative estimate of drug-likeness (QED) is 0.491. The summed E-state index contributed by atoms with van der Waals surface area (Å²) in [5, 5.41) is 10.9. The van der Waals surface area contributed by atoms with Crippen molar-refractivity contribution in [1.29, 1.82) is 0 Å². The Balaban J connectivity index is 1.24. The summed E-state index contributed by atoms with van der Waals surface area (Å²) < 4.78 is 5.29. The van der Waals surface area contributed by atoms with Crippen LogP contribution in [0, 0.1) is 0 Å². The van der Waals surface area contributed by atoms with Crippen molar-refractivity contribution in [2.75, 3.05) is 31.6 Å². The highest BCUT2D eigenvalue weighted by molar-refractivity contribution is 5.80. The van der Waals surface area contributed by atoms with Gasteiger partial charge in [0, 0.05) is 51.0 Å². The Kier molecular flexibility index (Phi) is 5.99. The number of pyridine rings is 1. The van der Waals surface area contributed by atoms with Gasteiger partial charge in [-0.3, -0.25) is 9.98 Å². The fraction of sp³-hybridized carbons (Fsp3) is 0.333. The molecule has 3 heterocycles. The predicted octanol–water partition coefficient (Wildman–Crippen LogP) is 2.12. The van der Waals surface area contributed by atoms with E-state index in [9.17, 15) is 0 Å². The Morgan fingerprint density at radius 1 is 1.21 bits per heavy atom. The van der Waals surface area contributed by atoms with Gasteiger partial charge in [0.05, 0.1) is 0 Å². The van der Waals surface area contributed by atoms with Gasteiger partial charge in [0.25, 0.3) is 5.89 Å². The van der Waals surface area contributed by atoms with Crippen molar-refractivity contribution in [3.63, 3.8) is 0 Å². The molecule has 2 N–H and O–H groups in total. The molecule has 8 heteroatoms. The Morgan fingerprint density at radius 3 is 2.86 bits per heavy atom. The molecule has 1 fully saturated rings. The van der Waals surface area contributed by atoms with Gasteiger partial charge in [-0.15, -0.1) is 0 Å². The Labute approximate surface area is 170 Å². The standard InChI is InChI=1S/C21H25N7O/c1-22-21(25-16-11-14-28(15-16)17-7-3-2-4-8-17)24-13-10-19-26-20(29-27-19)18-9-5-6-12-23-18/h2-9,12,16H,10-11,13-15H2,1H3,(H2,22,24,25). The minimum atomic E-state index is 0.363. The first kappa shape index (κ1) is 18.9. The van der Waals surface area contributed by atoms with Crippen molar-refractivity contribution < 1.29 is 4.52 Å². The second kappa shape index (κ2) is 9.18. The third-order valence-corrected chi connectivity index (χ3v) is 4.87. The average Bonchev–Trinajstić information content (AvgIpc) is 3.44. The van der Waals surface area contributed by atoms with E-state index in [1.165, 1.54) is 5.69 Å². The van der Waals surface area contributed by atoms with Gasteiger partial charge in [0.1, 0.15) is 5.69 Å². The molecule has 1 atom stereocenters. The summed E-state index contributed by atoms with van der Waals surface area (Å²) in [7, 11) is 1.78. The Bertz CT molecular complexity index is 926. The van der Waals surface area contributed by atoms with Crippen LogP contribution < -0.4 is 15.5 Å². The minimum Gasteiger partial charge on any atom is -0.369 e. The van der Waals surface area contributed by atoms with Crippen molar-refractivity contribution in [1.82, 2.24) is 25.8 Å². The van der Waals surface area contributed by atoms with Crippen LogP contribution in [0.1, 0.15) is 12.2 Å². The van der Waals surface area contributed by atoms with Gasteiger partial charge in [-0.1, -0.05) is 29.4 Å². The fourth-order valence-corrected chi connectivity index (χ4v) is 3.38. The zero-order valence-corrected chi connectivity index (χ0v) is 16.5. The van der Waals surface area contributed by atoms with Crippen molar-refractivity contribution >= 4 is 11.6 Å². The van der Waals surface area contributed by atoms with E-state index in [0.717, 1.165) is 25.5 Å². The van der Waals surface area contributed by atoms with Crippen LogP contribution in [0.3, 0.4) is 0 Å². The lowest BCUT2D eigenvalue weighted by Gasteiger charge is -2.20. The molecule has 1 aliphatic heterocycles. The topological polar surface area (TPSA) is 91.5 Å². The second-order valence-electron chi connectivity index (χ2n) is 6.89. The summed E-state index contributed by atoms with van der Waals surface area (Å²) >= 11 is 0. The highest BCUT2D eigenvalue weighted by atomic mass is 16.5. The summed E-state index contributed by atoms with van der Waals surface area (Å²) in [5.41, 5.74) is 1.95. The van der Waals surface area contributed by atoms with Gasteiger partial charge >= 0.3 is 0 Å². The molecule has 1 unspecified atom stereocenters. The third-order valence-electron chi connectivity index (χ3n) is 4.87. The second-order valence-corrected chi connectivity index (χ2v) is 6.89. The molecule has 150 valence electrons. The molecule has 0 radical (unpaired) electrons. The lowest BCUT2D eigenvalue weighted by Crippen LogP contribution is -2.45. The lowest BCUT2D eigenvalue weighted by atomic mass is 10.2. The first-order chi connectivity index (χ1) is 14.3. The number of hydrogen-bond acceptors (Lipinski definition) is 6. The maximum absolute atomic E-state index is 5.29. The molecule has 4 rings (SSSR count). The van der Waals surface area contributed by atoms with Crippen molar-refractivity contribution in [2.45, 2.75) is 18.9 Å². The minimum absolute atomic E-state index is 0.363. The molecule has 1 aliphatic rings. The molecule has 0 bridgehead atoms. The van der Waals surface area contributed by atoms with Gasteiger partial charge in [0.15, 0.2) is 11.8 Å². The molecule has 0 spiro atoms. The molecule has 0 amide bonds. The van der Waals surface area contributed by atoms with Crippen molar-refractivity contribution in [2.24, 2.45) is 4.99 Å². The maximum Gasteiger partial charge on any atom is 0.276 e. The number of nitrogens with one attached hydrogen (secondary N) is 2. The number of para-hydroxylation sites is 1. The van der Waals surface area contributed by atoms with E-state index in [2.05, 4.69) is 59.9 Å². The first-order valence-corrected chi connectivity index (χ1v) is 9.83. The first-order valence-electron chi connectivity index (χ1n) is 9.83. The molecule has 29 heavy (non-hydrogen) atoms. The SMILES string of the molecule is CN=C(NCCc1noc(-c2ccccn2)n1)NC1CCN(c2ccccc2)C1. The van der Waals surface area contributed by atoms with E-state index in [1.807, 2.05) is 24.3 Å². The van der Waals surface area contributed by atoms with Crippen LogP contribution in [0.15, 0.2) is 64.2 Å². The number of aliphatic imine (C=N–C) groups is 1. The Hall–Kier alpha value is -3.42. The van der Waals surface area contributed by atoms with Crippen LogP contribution >= 0.6 is 0 Å². The largest absolute Gasteiger partial charge is 0.369 e. The van der Waals surface area contributed by atoms with Crippen LogP contribution in [-0.2, 0) is 6.42 Å². The Morgan fingerprint density at radius 2 is 2.07 bits per heavy atom. The summed E-state index contributed by atoms with van der Waals surface area (Å²) in [4.78, 5) is 15.4. The number of guanidine groups is 1. The van der Waals surface area contributed by atoms with E-state index in [1.54, 1.807) is 13.2 Å². The number of rotatable bonds is 6. The number of anilines is 1. The van der Waals surface area contributed by atoms with E-state index >= 15 is 0 Å². The highest BCUT2D eigenvalue weighted by Gasteiger charge is 2.23. The summed E-state index contributed by atoms with van der Waals surface area (Å²) in [6, 6.07) is 16.5. The third kappa shape index (κ3) is 4.90. The van der Waals surface area contributed by atoms with Gasteiger partial charge in [-0.25, -0.2) is 0 Å². The van der Waals surface area contributed by atoms with Crippen LogP contribution in [0.4, 0.5) is 5.69 Å². The molecule has 0 aliphatic carbocycles. The normalized spacial score (nSPS) is 16.8. The average molecular weight is 391 g/mol. The summed E-state index contributed by atoms with van der Waals surface area (Å²) in [6.45, 7) is 2.66. The number of nitrogens with zero attached hydrogens (tertiary/aromatic N) is 5. The molecule has 1 saturated heterocycles. The van der Waals surface area contributed by atoms with E-state index in [4.69, 9.17) is 4.52 Å². The number of hydrogen-bond donors (Lipinski definition) is 2. The van der Waals surface area contributed by atoms with E-state index in [0.29, 0.717) is 36.4 Å². The summed E-state index contributed by atoms with van der Waals surface area (Å²) in [6.07, 6.45) is 3.42. The van der Waals surface area contributed by atoms with Gasteiger partial charge in [-0.05, 0) is 30.7 Å². The van der Waals surface area contributed by atoms with Crippen molar-refractivity contribution in [3.05, 3.63) is 60.6 Å². The maximum atomic E-state index is 5.29. The van der Waals surface area contributed by atoms with E-state index in [-0.39, 0.29) is 0 Å². The molecule has 2 aromatic heterocycles. The van der Waals surface area contributed by atoms with Crippen LogP contribution in [0.2, 0.25) is 0 Å². The monoisotopic (exact) mass is 391 g/mol. The molecule has 3 aromatic rings. The van der Waals surface area contributed by atoms with Crippen LogP contribution in [-0.4, -0.2) is 53.8 Å². The zero-order chi connectivity index (χ0) is 19.9. The van der Waals surface area contributed by atoms with Gasteiger partial charge in [0.2, 0.25) is 0 Å². The predicted molar refractivity (Wildman–Crippen MR) is 113 cm³/mol.